The summed E-state index contributed by atoms with van der Waals surface area (Å²) in [5.74, 6) is 5.48. The molecule has 13 rings (SSSR count). The van der Waals surface area contributed by atoms with Crippen molar-refractivity contribution in [3.05, 3.63) is 211 Å². The van der Waals surface area contributed by atoms with Gasteiger partial charge in [-0.1, -0.05) is 97.1 Å². The van der Waals surface area contributed by atoms with Crippen LogP contribution in [0.1, 0.15) is 28.9 Å². The Hall–Kier alpha value is -10.1. The minimum absolute atomic E-state index is 0.483. The van der Waals surface area contributed by atoms with Crippen molar-refractivity contribution in [1.82, 2.24) is 54.0 Å². The molecule has 5 aromatic heterocycles. The fourth-order valence-corrected chi connectivity index (χ4v) is 10.3. The number of para-hydroxylation sites is 2. The van der Waals surface area contributed by atoms with Gasteiger partial charge >= 0.3 is 0 Å². The number of benzene rings is 8. The molecule has 74 heavy (non-hydrogen) atoms. The molecule has 0 atom stereocenters. The Kier molecular flexibility index (Phi) is 10.4. The van der Waals surface area contributed by atoms with E-state index in [2.05, 4.69) is 128 Å². The smallest absolute Gasteiger partial charge is 0.164 e. The molecule has 13 aromatic rings. The third-order valence-corrected chi connectivity index (χ3v) is 13.4. The summed E-state index contributed by atoms with van der Waals surface area (Å²) in [5, 5.41) is 14.9. The third kappa shape index (κ3) is 7.59. The highest BCUT2D eigenvalue weighted by Crippen LogP contribution is 2.43. The van der Waals surface area contributed by atoms with Crippen LogP contribution in [0.4, 0.5) is 0 Å². The summed E-state index contributed by atoms with van der Waals surface area (Å²) in [5.41, 5.74) is 12.1. The van der Waals surface area contributed by atoms with Crippen LogP contribution in [0.15, 0.2) is 182 Å². The molecule has 5 heterocycles. The van der Waals surface area contributed by atoms with Crippen LogP contribution in [-0.2, 0) is 0 Å². The first-order valence-corrected chi connectivity index (χ1v) is 24.3. The average molecular weight is 955 g/mol. The number of fused-ring (bicyclic) bond motifs is 6. The Morgan fingerprint density at radius 3 is 1.32 bits per heavy atom. The lowest BCUT2D eigenvalue weighted by Crippen LogP contribution is -2.04. The number of hydrogen-bond acceptors (Lipinski definition) is 10. The van der Waals surface area contributed by atoms with E-state index < -0.39 is 0 Å². The van der Waals surface area contributed by atoms with E-state index in [4.69, 9.17) is 34.9 Å². The second kappa shape index (κ2) is 17.6. The van der Waals surface area contributed by atoms with Crippen molar-refractivity contribution >= 4 is 43.6 Å². The Morgan fingerprint density at radius 1 is 0.324 bits per heavy atom. The van der Waals surface area contributed by atoms with Gasteiger partial charge < -0.3 is 9.13 Å². The fraction of sp³-hybridized carbons (Fsp3) is 0.0645. The summed E-state index contributed by atoms with van der Waals surface area (Å²) >= 11 is 0. The van der Waals surface area contributed by atoms with Gasteiger partial charge in [0.1, 0.15) is 23.3 Å². The van der Waals surface area contributed by atoms with E-state index in [1.165, 1.54) is 0 Å². The van der Waals surface area contributed by atoms with Crippen LogP contribution in [0.5, 0.6) is 0 Å². The predicted octanol–water partition coefficient (Wildman–Crippen LogP) is 13.5. The van der Waals surface area contributed by atoms with Crippen LogP contribution in [0.3, 0.4) is 0 Å². The quantitative estimate of drug-likeness (QED) is 0.144. The molecule has 0 bridgehead atoms. The topological polar surface area (TPSA) is 150 Å². The maximum absolute atomic E-state index is 10.7. The van der Waals surface area contributed by atoms with E-state index in [9.17, 15) is 5.26 Å². The Bertz CT molecular complexity index is 4340. The van der Waals surface area contributed by atoms with Crippen LogP contribution < -0.4 is 0 Å². The molecule has 0 spiro atoms. The Morgan fingerprint density at radius 2 is 0.784 bits per heavy atom. The fourth-order valence-electron chi connectivity index (χ4n) is 10.3. The zero-order valence-corrected chi connectivity index (χ0v) is 40.7. The van der Waals surface area contributed by atoms with E-state index in [0.717, 1.165) is 93.9 Å². The molecule has 0 saturated heterocycles. The summed E-state index contributed by atoms with van der Waals surface area (Å²) in [6.07, 6.45) is 0. The van der Waals surface area contributed by atoms with E-state index in [-0.39, 0.29) is 0 Å². The normalized spacial score (nSPS) is 11.5. The van der Waals surface area contributed by atoms with Crippen molar-refractivity contribution in [2.24, 2.45) is 0 Å². The molecule has 0 aliphatic rings. The highest BCUT2D eigenvalue weighted by molar-refractivity contribution is 6.12. The van der Waals surface area contributed by atoms with Gasteiger partial charge in [-0.2, -0.15) is 5.26 Å². The highest BCUT2D eigenvalue weighted by Gasteiger charge is 2.24. The van der Waals surface area contributed by atoms with Crippen LogP contribution in [-0.4, -0.2) is 54.0 Å². The lowest BCUT2D eigenvalue weighted by molar-refractivity contribution is 0.928. The van der Waals surface area contributed by atoms with Crippen molar-refractivity contribution in [2.75, 3.05) is 0 Å². The summed E-state index contributed by atoms with van der Waals surface area (Å²) in [7, 11) is 0. The zero-order valence-electron chi connectivity index (χ0n) is 40.7. The van der Waals surface area contributed by atoms with Crippen LogP contribution in [0, 0.1) is 39.0 Å². The first kappa shape index (κ1) is 43.9. The van der Waals surface area contributed by atoms with E-state index in [1.807, 2.05) is 107 Å². The molecule has 0 aliphatic carbocycles. The molecule has 350 valence electrons. The molecule has 8 aromatic carbocycles. The van der Waals surface area contributed by atoms with Gasteiger partial charge in [-0.15, -0.1) is 0 Å². The van der Waals surface area contributed by atoms with Gasteiger partial charge in [-0.3, -0.25) is 0 Å². The molecule has 0 aliphatic heterocycles. The largest absolute Gasteiger partial charge is 0.309 e. The van der Waals surface area contributed by atoms with Gasteiger partial charge in [-0.05, 0) is 118 Å². The van der Waals surface area contributed by atoms with Crippen molar-refractivity contribution in [3.8, 4) is 85.5 Å². The van der Waals surface area contributed by atoms with Gasteiger partial charge in [-0.25, -0.2) is 44.9 Å². The molecular weight excluding hydrogens is 913 g/mol. The maximum Gasteiger partial charge on any atom is 0.164 e. The van der Waals surface area contributed by atoms with Crippen LogP contribution >= 0.6 is 0 Å². The minimum atomic E-state index is 0.483. The summed E-state index contributed by atoms with van der Waals surface area (Å²) < 4.78 is 4.58. The number of hydrogen-bond donors (Lipinski definition) is 0. The molecule has 0 amide bonds. The first-order chi connectivity index (χ1) is 36.2. The van der Waals surface area contributed by atoms with Crippen molar-refractivity contribution in [2.45, 2.75) is 27.7 Å². The van der Waals surface area contributed by atoms with Crippen LogP contribution in [0.25, 0.3) is 123 Å². The lowest BCUT2D eigenvalue weighted by Gasteiger charge is -2.19. The molecule has 12 heteroatoms. The number of aryl methyl sites for hydroxylation is 4. The molecule has 0 saturated carbocycles. The standard InChI is InChI=1S/C62H42N12/c1-36-64-37(2)67-60(66-36)43-24-29-55-51(32-43)46-19-11-13-21-53(46)73(55)45-26-27-48(62-71-58(41-15-7-5-8-16-41)70-59(72-62)42-17-9-6-10-18-42)49(34-45)50-31-40(35-63)23-28-56(50)74-54-22-14-12-20-47(54)52-33-44(25-30-57(52)74)61-68-38(3)65-39(4)69-61/h5-34H,1-4H3. The molecular formula is C62H42N12. The molecule has 0 unspecified atom stereocenters. The number of rotatable bonds is 8. The predicted molar refractivity (Wildman–Crippen MR) is 292 cm³/mol. The SMILES string of the molecule is Cc1nc(C)nc(-c2ccc3c(c2)c2ccccc2n3-c2ccc(-c3nc(-c4ccccc4)nc(-c4ccccc4)n3)c(-c3cc(C#N)ccc3-n3c4ccccc4c4cc(-c5nc(C)nc(C)n5)ccc43)c2)n1. The van der Waals surface area contributed by atoms with Crippen molar-refractivity contribution in [3.63, 3.8) is 0 Å². The molecule has 12 nitrogen and oxygen atoms in total. The van der Waals surface area contributed by atoms with E-state index in [1.54, 1.807) is 0 Å². The zero-order chi connectivity index (χ0) is 50.0. The third-order valence-electron chi connectivity index (χ3n) is 13.4. The Labute approximate surface area is 425 Å². The minimum Gasteiger partial charge on any atom is -0.309 e. The second-order valence-corrected chi connectivity index (χ2v) is 18.3. The monoisotopic (exact) mass is 954 g/mol. The summed E-state index contributed by atoms with van der Waals surface area (Å²) in [6.45, 7) is 7.55. The number of nitriles is 1. The molecule has 0 radical (unpaired) electrons. The van der Waals surface area contributed by atoms with Crippen molar-refractivity contribution < 1.29 is 0 Å². The van der Waals surface area contributed by atoms with E-state index in [0.29, 0.717) is 58.0 Å². The highest BCUT2D eigenvalue weighted by atomic mass is 15.1. The molecule has 0 N–H and O–H groups in total. The van der Waals surface area contributed by atoms with Crippen LogP contribution in [0.2, 0.25) is 0 Å². The van der Waals surface area contributed by atoms with E-state index >= 15 is 0 Å². The second-order valence-electron chi connectivity index (χ2n) is 18.3. The van der Waals surface area contributed by atoms with Gasteiger partial charge in [0.2, 0.25) is 0 Å². The summed E-state index contributed by atoms with van der Waals surface area (Å²) in [4.78, 5) is 43.4. The van der Waals surface area contributed by atoms with Gasteiger partial charge in [0.15, 0.2) is 29.1 Å². The number of nitrogens with zero attached hydrogens (tertiary/aromatic N) is 12. The first-order valence-electron chi connectivity index (χ1n) is 24.3. The Balaban J connectivity index is 1.10. The maximum atomic E-state index is 10.7. The summed E-state index contributed by atoms with van der Waals surface area (Å²) in [6, 6.07) is 64.4. The lowest BCUT2D eigenvalue weighted by atomic mass is 9.94. The average Bonchev–Trinajstić information content (AvgIpc) is 3.94. The molecule has 0 fully saturated rings. The van der Waals surface area contributed by atoms with Gasteiger partial charge in [0.25, 0.3) is 0 Å². The van der Waals surface area contributed by atoms with Gasteiger partial charge in [0, 0.05) is 60.6 Å². The van der Waals surface area contributed by atoms with Gasteiger partial charge in [0.05, 0.1) is 39.4 Å². The van der Waals surface area contributed by atoms with Crippen molar-refractivity contribution in [1.29, 1.82) is 5.26 Å². The number of aromatic nitrogens is 11.